The van der Waals surface area contributed by atoms with Crippen LogP contribution in [0.3, 0.4) is 0 Å². The third-order valence-corrected chi connectivity index (χ3v) is 7.88. The Morgan fingerprint density at radius 2 is 2.08 bits per heavy atom. The van der Waals surface area contributed by atoms with Gasteiger partial charge in [0.1, 0.15) is 11.2 Å². The molecule has 5 aromatic rings. The SMILES string of the molecule is C=C/C(=C\C(=C/C)c1ccc2[nH]nc(-c3cc4c(-c5cccs5)cccc4[nH]3)c2n1)CN1CCC(F)(F)C1. The third kappa shape index (κ3) is 4.61. The smallest absolute Gasteiger partial charge is 0.261 e. The number of alkyl halides is 2. The average Bonchev–Trinajstić information content (AvgIpc) is 3.71. The van der Waals surface area contributed by atoms with Crippen LogP contribution in [-0.2, 0) is 0 Å². The Morgan fingerprint density at radius 1 is 1.18 bits per heavy atom. The predicted molar refractivity (Wildman–Crippen MR) is 152 cm³/mol. The van der Waals surface area contributed by atoms with Gasteiger partial charge in [0, 0.05) is 40.9 Å². The van der Waals surface area contributed by atoms with E-state index in [0.717, 1.165) is 50.2 Å². The van der Waals surface area contributed by atoms with Crippen LogP contribution in [0.25, 0.3) is 49.3 Å². The summed E-state index contributed by atoms with van der Waals surface area (Å²) in [6, 6.07) is 16.5. The van der Waals surface area contributed by atoms with Gasteiger partial charge in [-0.15, -0.1) is 11.3 Å². The van der Waals surface area contributed by atoms with Crippen molar-refractivity contribution in [1.29, 1.82) is 0 Å². The first-order valence-corrected chi connectivity index (χ1v) is 13.4. The summed E-state index contributed by atoms with van der Waals surface area (Å²) in [7, 11) is 0. The summed E-state index contributed by atoms with van der Waals surface area (Å²) in [5.74, 6) is -2.62. The summed E-state index contributed by atoms with van der Waals surface area (Å²) in [5, 5.41) is 10.9. The van der Waals surface area contributed by atoms with Gasteiger partial charge < -0.3 is 4.98 Å². The predicted octanol–water partition coefficient (Wildman–Crippen LogP) is 7.69. The number of nitrogens with one attached hydrogen (secondary N) is 2. The van der Waals surface area contributed by atoms with E-state index in [1.165, 1.54) is 10.4 Å². The van der Waals surface area contributed by atoms with Crippen molar-refractivity contribution in [2.24, 2.45) is 0 Å². The first-order valence-electron chi connectivity index (χ1n) is 12.5. The number of hydrogen-bond acceptors (Lipinski definition) is 4. The minimum absolute atomic E-state index is 0.0992. The largest absolute Gasteiger partial charge is 0.353 e. The van der Waals surface area contributed by atoms with Gasteiger partial charge >= 0.3 is 0 Å². The number of allylic oxidation sites excluding steroid dienone is 3. The Morgan fingerprint density at radius 3 is 2.82 bits per heavy atom. The molecule has 2 N–H and O–H groups in total. The van der Waals surface area contributed by atoms with E-state index in [-0.39, 0.29) is 13.0 Å². The Bertz CT molecular complexity index is 1690. The van der Waals surface area contributed by atoms with E-state index in [1.54, 1.807) is 22.3 Å². The number of fused-ring (bicyclic) bond motifs is 2. The van der Waals surface area contributed by atoms with Crippen LogP contribution in [0.5, 0.6) is 0 Å². The van der Waals surface area contributed by atoms with E-state index < -0.39 is 5.92 Å². The van der Waals surface area contributed by atoms with Gasteiger partial charge in [0.05, 0.1) is 23.4 Å². The highest BCUT2D eigenvalue weighted by Gasteiger charge is 2.37. The average molecular weight is 528 g/mol. The number of pyridine rings is 1. The van der Waals surface area contributed by atoms with Crippen molar-refractivity contribution in [3.8, 4) is 21.8 Å². The monoisotopic (exact) mass is 527 g/mol. The first-order chi connectivity index (χ1) is 18.4. The van der Waals surface area contributed by atoms with Crippen LogP contribution in [-0.4, -0.2) is 50.6 Å². The van der Waals surface area contributed by atoms with Gasteiger partial charge in [-0.3, -0.25) is 10.00 Å². The van der Waals surface area contributed by atoms with E-state index in [2.05, 4.69) is 63.5 Å². The van der Waals surface area contributed by atoms with Gasteiger partial charge in [0.25, 0.3) is 5.92 Å². The highest BCUT2D eigenvalue weighted by molar-refractivity contribution is 7.13. The molecule has 0 radical (unpaired) electrons. The quantitative estimate of drug-likeness (QED) is 0.213. The summed E-state index contributed by atoms with van der Waals surface area (Å²) in [5.41, 5.74) is 8.02. The molecule has 1 fully saturated rings. The molecule has 5 nitrogen and oxygen atoms in total. The molecule has 0 spiro atoms. The lowest BCUT2D eigenvalue weighted by Gasteiger charge is -2.16. The second-order valence-electron chi connectivity index (χ2n) is 9.58. The first kappa shape index (κ1) is 24.5. The molecule has 0 bridgehead atoms. The summed E-state index contributed by atoms with van der Waals surface area (Å²) in [6.07, 6.45) is 5.59. The number of hydrogen-bond donors (Lipinski definition) is 2. The number of nitrogens with zero attached hydrogens (tertiary/aromatic N) is 3. The molecule has 0 amide bonds. The zero-order valence-corrected chi connectivity index (χ0v) is 21.8. The summed E-state index contributed by atoms with van der Waals surface area (Å²) >= 11 is 1.72. The minimum Gasteiger partial charge on any atom is -0.353 e. The lowest BCUT2D eigenvalue weighted by atomic mass is 10.1. The van der Waals surface area contributed by atoms with Crippen LogP contribution >= 0.6 is 11.3 Å². The Hall–Kier alpha value is -3.88. The van der Waals surface area contributed by atoms with Crippen LogP contribution in [0, 0.1) is 0 Å². The Kier molecular flexibility index (Phi) is 6.29. The van der Waals surface area contributed by atoms with Gasteiger partial charge in [-0.05, 0) is 59.9 Å². The molecule has 5 heterocycles. The molecular formula is C30H27F2N5S. The molecule has 1 saturated heterocycles. The maximum Gasteiger partial charge on any atom is 0.261 e. The topological polar surface area (TPSA) is 60.6 Å². The fourth-order valence-electron chi connectivity index (χ4n) is 5.05. The van der Waals surface area contributed by atoms with E-state index in [4.69, 9.17) is 4.98 Å². The molecule has 0 unspecified atom stereocenters. The second kappa shape index (κ2) is 9.78. The minimum atomic E-state index is -2.62. The third-order valence-electron chi connectivity index (χ3n) is 6.98. The number of likely N-dealkylation sites (tertiary alicyclic amines) is 1. The molecule has 6 rings (SSSR count). The zero-order chi connectivity index (χ0) is 26.3. The molecule has 1 aliphatic rings. The van der Waals surface area contributed by atoms with Gasteiger partial charge in [-0.2, -0.15) is 5.10 Å². The number of H-pyrrole nitrogens is 2. The fraction of sp³-hybridized carbons (Fsp3) is 0.200. The van der Waals surface area contributed by atoms with Gasteiger partial charge in [0.2, 0.25) is 0 Å². The van der Waals surface area contributed by atoms with E-state index >= 15 is 0 Å². The molecule has 1 aromatic carbocycles. The number of rotatable bonds is 7. The standard InChI is InChI=1S/C30H27F2N5S/c1-3-19(17-37-13-12-30(31,32)18-37)15-20(4-2)23-10-11-25-28(34-23)29(36-35-25)26-16-22-21(27-9-6-14-38-27)7-5-8-24(22)33-26/h3-11,14-16,33H,1,12-13,17-18H2,2H3,(H,35,36)/b19-15+,20-4+. The molecular weight excluding hydrogens is 500 g/mol. The second-order valence-corrected chi connectivity index (χ2v) is 10.5. The van der Waals surface area contributed by atoms with E-state index in [1.807, 2.05) is 31.2 Å². The van der Waals surface area contributed by atoms with Crippen LogP contribution in [0.1, 0.15) is 19.0 Å². The van der Waals surface area contributed by atoms with E-state index in [0.29, 0.717) is 13.1 Å². The molecule has 192 valence electrons. The summed E-state index contributed by atoms with van der Waals surface area (Å²) in [4.78, 5) is 11.5. The van der Waals surface area contributed by atoms with Crippen molar-refractivity contribution in [3.05, 3.63) is 90.0 Å². The molecule has 38 heavy (non-hydrogen) atoms. The normalized spacial score (nSPS) is 16.6. The lowest BCUT2D eigenvalue weighted by molar-refractivity contribution is 0.0131. The highest BCUT2D eigenvalue weighted by Crippen LogP contribution is 2.35. The van der Waals surface area contributed by atoms with Crippen molar-refractivity contribution in [2.45, 2.75) is 19.3 Å². The molecule has 0 saturated carbocycles. The van der Waals surface area contributed by atoms with Gasteiger partial charge in [0.15, 0.2) is 0 Å². The zero-order valence-electron chi connectivity index (χ0n) is 21.0. The Balaban J connectivity index is 1.35. The molecule has 0 aliphatic carbocycles. The molecule has 4 aromatic heterocycles. The fourth-order valence-corrected chi connectivity index (χ4v) is 5.82. The Labute approximate surface area is 223 Å². The number of thiophene rings is 1. The maximum absolute atomic E-state index is 13.7. The van der Waals surface area contributed by atoms with E-state index in [9.17, 15) is 8.78 Å². The van der Waals surface area contributed by atoms with Crippen LogP contribution < -0.4 is 0 Å². The number of halogens is 2. The van der Waals surface area contributed by atoms with Crippen LogP contribution in [0.4, 0.5) is 8.78 Å². The van der Waals surface area contributed by atoms with Crippen molar-refractivity contribution in [1.82, 2.24) is 25.1 Å². The van der Waals surface area contributed by atoms with Crippen molar-refractivity contribution in [3.63, 3.8) is 0 Å². The van der Waals surface area contributed by atoms with Gasteiger partial charge in [-0.25, -0.2) is 13.8 Å². The number of benzene rings is 1. The molecule has 8 heteroatoms. The number of aromatic amines is 2. The van der Waals surface area contributed by atoms with Crippen LogP contribution in [0.15, 0.2) is 84.3 Å². The summed E-state index contributed by atoms with van der Waals surface area (Å²) in [6.45, 7) is 6.45. The molecule has 0 atom stereocenters. The van der Waals surface area contributed by atoms with Crippen molar-refractivity contribution >= 4 is 38.8 Å². The molecule has 1 aliphatic heterocycles. The van der Waals surface area contributed by atoms with Gasteiger partial charge in [-0.1, -0.05) is 36.9 Å². The maximum atomic E-state index is 13.7. The lowest BCUT2D eigenvalue weighted by Crippen LogP contribution is -2.26. The van der Waals surface area contributed by atoms with Crippen molar-refractivity contribution in [2.75, 3.05) is 19.6 Å². The summed E-state index contributed by atoms with van der Waals surface area (Å²) < 4.78 is 27.4. The van der Waals surface area contributed by atoms with Crippen molar-refractivity contribution < 1.29 is 8.78 Å². The highest BCUT2D eigenvalue weighted by atomic mass is 32.1. The van der Waals surface area contributed by atoms with Crippen LogP contribution in [0.2, 0.25) is 0 Å². The number of aromatic nitrogens is 4.